The summed E-state index contributed by atoms with van der Waals surface area (Å²) in [6, 6.07) is 3.83. The number of hydrogen-bond donors (Lipinski definition) is 1. The summed E-state index contributed by atoms with van der Waals surface area (Å²) >= 11 is 0. The summed E-state index contributed by atoms with van der Waals surface area (Å²) in [6.45, 7) is 3.99. The Morgan fingerprint density at radius 2 is 2.36 bits per heavy atom. The molecule has 0 unspecified atom stereocenters. The van der Waals surface area contributed by atoms with E-state index in [0.717, 1.165) is 16.7 Å². The van der Waals surface area contributed by atoms with E-state index in [1.165, 1.54) is 5.56 Å². The number of aromatic nitrogens is 2. The van der Waals surface area contributed by atoms with Gasteiger partial charge in [-0.1, -0.05) is 0 Å². The van der Waals surface area contributed by atoms with Crippen LogP contribution in [0.1, 0.15) is 12.6 Å². The van der Waals surface area contributed by atoms with Crippen LogP contribution in [0.3, 0.4) is 0 Å². The van der Waals surface area contributed by atoms with Crippen LogP contribution in [-0.4, -0.2) is 9.97 Å². The van der Waals surface area contributed by atoms with Gasteiger partial charge in [-0.05, 0) is 31.5 Å². The number of aromatic amines is 1. The van der Waals surface area contributed by atoms with E-state index in [4.69, 9.17) is 1.37 Å². The maximum Gasteiger partial charge on any atom is 0.137 e. The molecule has 2 rings (SSSR count). The van der Waals surface area contributed by atoms with Crippen molar-refractivity contribution < 1.29 is 1.37 Å². The summed E-state index contributed by atoms with van der Waals surface area (Å²) in [5.74, 6) is 0. The number of hydrogen-bond acceptors (Lipinski definition) is 1. The molecule has 0 spiro atoms. The Labute approximate surface area is 66.7 Å². The van der Waals surface area contributed by atoms with Crippen LogP contribution in [0, 0.1) is 13.8 Å². The Morgan fingerprint density at radius 3 is 3.18 bits per heavy atom. The van der Waals surface area contributed by atoms with Crippen molar-refractivity contribution in [2.45, 2.75) is 13.8 Å². The number of H-pyrrole nitrogens is 1. The van der Waals surface area contributed by atoms with Gasteiger partial charge in [0.15, 0.2) is 0 Å². The zero-order chi connectivity index (χ0) is 8.72. The van der Waals surface area contributed by atoms with E-state index in [1.54, 1.807) is 6.07 Å². The van der Waals surface area contributed by atoms with Crippen LogP contribution in [0.4, 0.5) is 0 Å². The van der Waals surface area contributed by atoms with Crippen LogP contribution >= 0.6 is 0 Å². The van der Waals surface area contributed by atoms with Gasteiger partial charge in [0, 0.05) is 17.3 Å². The van der Waals surface area contributed by atoms with E-state index in [2.05, 4.69) is 9.97 Å². The molecule has 1 N–H and O–H groups in total. The third-order valence-electron chi connectivity index (χ3n) is 1.80. The molecule has 0 radical (unpaired) electrons. The Bertz CT molecular complexity index is 431. The van der Waals surface area contributed by atoms with Crippen LogP contribution in [0.15, 0.2) is 18.3 Å². The average Bonchev–Trinajstić information content (AvgIpc) is 2.29. The molecular formula is C9H10N2. The SMILES string of the molecule is [3H]c1cc2c(C)cc(C)nc2[nH]1. The number of pyridine rings is 1. The molecule has 2 aromatic heterocycles. The highest BCUT2D eigenvalue weighted by Crippen LogP contribution is 2.15. The Hall–Kier alpha value is -1.31. The summed E-state index contributed by atoms with van der Waals surface area (Å²) in [6.07, 6.45) is 0.422. The smallest absolute Gasteiger partial charge is 0.137 e. The monoisotopic (exact) mass is 148 g/mol. The van der Waals surface area contributed by atoms with Crippen molar-refractivity contribution >= 4 is 11.0 Å². The summed E-state index contributed by atoms with van der Waals surface area (Å²) in [7, 11) is 0. The second-order valence-corrected chi connectivity index (χ2v) is 2.76. The molecule has 0 amide bonds. The first-order valence-corrected chi connectivity index (χ1v) is 3.60. The van der Waals surface area contributed by atoms with Gasteiger partial charge in [-0.2, -0.15) is 0 Å². The lowest BCUT2D eigenvalue weighted by Crippen LogP contribution is -1.84. The van der Waals surface area contributed by atoms with Gasteiger partial charge < -0.3 is 4.98 Å². The summed E-state index contributed by atoms with van der Waals surface area (Å²) in [4.78, 5) is 7.18. The lowest BCUT2D eigenvalue weighted by molar-refractivity contribution is 1.21. The van der Waals surface area contributed by atoms with Gasteiger partial charge in [0.1, 0.15) is 5.65 Å². The molecule has 0 atom stereocenters. The van der Waals surface area contributed by atoms with Gasteiger partial charge in [0.25, 0.3) is 0 Å². The molecule has 0 fully saturated rings. The first-order valence-electron chi connectivity index (χ1n) is 4.10. The average molecular weight is 148 g/mol. The highest BCUT2D eigenvalue weighted by Gasteiger charge is 1.98. The normalized spacial score (nSPS) is 12.0. The van der Waals surface area contributed by atoms with Crippen molar-refractivity contribution in [2.75, 3.05) is 0 Å². The molecule has 56 valence electrons. The van der Waals surface area contributed by atoms with Crippen molar-refractivity contribution in [3.8, 4) is 0 Å². The van der Waals surface area contributed by atoms with Gasteiger partial charge in [-0.25, -0.2) is 4.98 Å². The number of nitrogens with one attached hydrogen (secondary N) is 1. The largest absolute Gasteiger partial charge is 0.346 e. The molecule has 2 heteroatoms. The van der Waals surface area contributed by atoms with E-state index < -0.39 is 0 Å². The van der Waals surface area contributed by atoms with E-state index in [9.17, 15) is 0 Å². The zero-order valence-corrected chi connectivity index (χ0v) is 6.60. The first-order chi connectivity index (χ1) is 5.66. The molecule has 0 saturated carbocycles. The predicted molar refractivity (Wildman–Crippen MR) is 45.6 cm³/mol. The van der Waals surface area contributed by atoms with Gasteiger partial charge in [-0.3, -0.25) is 0 Å². The summed E-state index contributed by atoms with van der Waals surface area (Å²) < 4.78 is 7.39. The van der Waals surface area contributed by atoms with E-state index in [0.29, 0.717) is 6.17 Å². The van der Waals surface area contributed by atoms with Crippen molar-refractivity contribution in [1.82, 2.24) is 9.97 Å². The van der Waals surface area contributed by atoms with Crippen LogP contribution in [0.2, 0.25) is 0 Å². The minimum Gasteiger partial charge on any atom is -0.346 e. The quantitative estimate of drug-likeness (QED) is 0.609. The fourth-order valence-electron chi connectivity index (χ4n) is 1.30. The van der Waals surface area contributed by atoms with Crippen molar-refractivity contribution in [3.63, 3.8) is 0 Å². The number of aryl methyl sites for hydroxylation is 2. The third-order valence-corrected chi connectivity index (χ3v) is 1.80. The van der Waals surface area contributed by atoms with Crippen molar-refractivity contribution in [3.05, 3.63) is 29.6 Å². The Morgan fingerprint density at radius 1 is 1.55 bits per heavy atom. The molecule has 2 aromatic rings. The third kappa shape index (κ3) is 0.909. The molecule has 0 bridgehead atoms. The second-order valence-electron chi connectivity index (χ2n) is 2.76. The molecule has 0 saturated heterocycles. The standard InChI is InChI=1S/C9H10N2/c1-6-5-7(2)11-9-8(6)3-4-10-9/h3-5H,1-2H3,(H,10,11)/i4T. The molecule has 11 heavy (non-hydrogen) atoms. The van der Waals surface area contributed by atoms with Crippen LogP contribution in [-0.2, 0) is 0 Å². The molecular weight excluding hydrogens is 136 g/mol. The first kappa shape index (κ1) is 5.35. The van der Waals surface area contributed by atoms with Crippen molar-refractivity contribution in [2.24, 2.45) is 0 Å². The van der Waals surface area contributed by atoms with Crippen LogP contribution in [0.25, 0.3) is 11.0 Å². The van der Waals surface area contributed by atoms with Crippen LogP contribution < -0.4 is 0 Å². The minimum absolute atomic E-state index is 0.422. The molecule has 2 heterocycles. The maximum absolute atomic E-state index is 7.39. The molecule has 0 aliphatic rings. The number of fused-ring (bicyclic) bond motifs is 1. The van der Waals surface area contributed by atoms with Crippen molar-refractivity contribution in [1.29, 1.82) is 0 Å². The van der Waals surface area contributed by atoms with Crippen LogP contribution in [0.5, 0.6) is 0 Å². The predicted octanol–water partition coefficient (Wildman–Crippen LogP) is 2.18. The topological polar surface area (TPSA) is 28.7 Å². The van der Waals surface area contributed by atoms with Gasteiger partial charge in [0.05, 0.1) is 1.37 Å². The molecule has 0 aliphatic heterocycles. The van der Waals surface area contributed by atoms with Gasteiger partial charge in [-0.15, -0.1) is 0 Å². The fraction of sp³-hybridized carbons (Fsp3) is 0.222. The lowest BCUT2D eigenvalue weighted by Gasteiger charge is -1.96. The fourth-order valence-corrected chi connectivity index (χ4v) is 1.30. The van der Waals surface area contributed by atoms with Gasteiger partial charge >= 0.3 is 0 Å². The summed E-state index contributed by atoms with van der Waals surface area (Å²) in [5.41, 5.74) is 2.98. The Balaban J connectivity index is 2.88. The highest BCUT2D eigenvalue weighted by atomic mass is 14.8. The maximum atomic E-state index is 7.39. The molecule has 2 nitrogen and oxygen atoms in total. The highest BCUT2D eigenvalue weighted by molar-refractivity contribution is 5.79. The number of nitrogens with zero attached hydrogens (tertiary/aromatic N) is 1. The molecule has 0 aliphatic carbocycles. The summed E-state index contributed by atoms with van der Waals surface area (Å²) in [5, 5.41) is 1.05. The minimum atomic E-state index is 0.422. The van der Waals surface area contributed by atoms with E-state index in [-0.39, 0.29) is 0 Å². The number of rotatable bonds is 0. The second kappa shape index (κ2) is 2.09. The van der Waals surface area contributed by atoms with E-state index in [1.807, 2.05) is 19.9 Å². The zero-order valence-electron chi connectivity index (χ0n) is 7.60. The Kier molecular flexibility index (Phi) is 1.02. The van der Waals surface area contributed by atoms with E-state index >= 15 is 0 Å². The molecule has 0 aromatic carbocycles. The van der Waals surface area contributed by atoms with Gasteiger partial charge in [0.2, 0.25) is 0 Å². The lowest BCUT2D eigenvalue weighted by atomic mass is 10.2.